The van der Waals surface area contributed by atoms with Crippen LogP contribution in [0.25, 0.3) is 0 Å². The summed E-state index contributed by atoms with van der Waals surface area (Å²) in [4.78, 5) is 12.9. The third kappa shape index (κ3) is 2.36. The molecule has 1 heterocycles. The molecule has 1 fully saturated rings. The van der Waals surface area contributed by atoms with Crippen molar-refractivity contribution < 1.29 is 9.18 Å². The molecule has 0 atom stereocenters. The normalized spacial score (nSPS) is 16.9. The van der Waals surface area contributed by atoms with E-state index >= 15 is 0 Å². The second-order valence-corrected chi connectivity index (χ2v) is 4.87. The second kappa shape index (κ2) is 5.02. The molecule has 6 heteroatoms. The van der Waals surface area contributed by atoms with Crippen molar-refractivity contribution in [1.82, 2.24) is 0 Å². The third-order valence-corrected chi connectivity index (χ3v) is 3.61. The zero-order chi connectivity index (χ0) is 13.3. The fraction of sp³-hybridized carbons (Fsp3) is 0.417. The van der Waals surface area contributed by atoms with E-state index in [9.17, 15) is 9.18 Å². The van der Waals surface area contributed by atoms with Gasteiger partial charge in [-0.3, -0.25) is 4.79 Å². The van der Waals surface area contributed by atoms with Gasteiger partial charge in [0.15, 0.2) is 5.82 Å². The van der Waals surface area contributed by atoms with Crippen LogP contribution in [-0.2, 0) is 4.79 Å². The lowest BCUT2D eigenvalue weighted by Crippen LogP contribution is -2.39. The zero-order valence-electron chi connectivity index (χ0n) is 9.83. The Morgan fingerprint density at radius 2 is 2.00 bits per heavy atom. The van der Waals surface area contributed by atoms with Gasteiger partial charge in [0.1, 0.15) is 0 Å². The maximum atomic E-state index is 14.0. The first-order valence-corrected chi connectivity index (χ1v) is 6.16. The molecule has 0 aromatic heterocycles. The van der Waals surface area contributed by atoms with Gasteiger partial charge < -0.3 is 16.4 Å². The Labute approximate surface area is 110 Å². The number of anilines is 2. The highest BCUT2D eigenvalue weighted by atomic mass is 35.5. The number of nitrogens with zero attached hydrogens (tertiary/aromatic N) is 1. The van der Waals surface area contributed by atoms with E-state index in [0.717, 1.165) is 0 Å². The van der Waals surface area contributed by atoms with Crippen LogP contribution >= 0.6 is 11.6 Å². The number of rotatable bonds is 2. The summed E-state index contributed by atoms with van der Waals surface area (Å²) in [5.74, 6) is -0.937. The largest absolute Gasteiger partial charge is 0.397 e. The third-order valence-electron chi connectivity index (χ3n) is 3.31. The Morgan fingerprint density at radius 1 is 1.39 bits per heavy atom. The fourth-order valence-corrected chi connectivity index (χ4v) is 2.42. The topological polar surface area (TPSA) is 72.4 Å². The predicted octanol–water partition coefficient (Wildman–Crippen LogP) is 1.76. The van der Waals surface area contributed by atoms with Crippen molar-refractivity contribution in [3.63, 3.8) is 0 Å². The summed E-state index contributed by atoms with van der Waals surface area (Å²) in [6.07, 6.45) is 1.22. The highest BCUT2D eigenvalue weighted by Gasteiger charge is 2.26. The quantitative estimate of drug-likeness (QED) is 0.805. The summed E-state index contributed by atoms with van der Waals surface area (Å²) in [6, 6.07) is 3.02. The van der Waals surface area contributed by atoms with Gasteiger partial charge in [0.25, 0.3) is 0 Å². The monoisotopic (exact) mass is 271 g/mol. The first kappa shape index (κ1) is 13.0. The second-order valence-electron chi connectivity index (χ2n) is 4.46. The van der Waals surface area contributed by atoms with Crippen LogP contribution in [0.5, 0.6) is 0 Å². The van der Waals surface area contributed by atoms with Crippen molar-refractivity contribution in [1.29, 1.82) is 0 Å². The molecule has 98 valence electrons. The Morgan fingerprint density at radius 3 is 2.56 bits per heavy atom. The van der Waals surface area contributed by atoms with E-state index < -0.39 is 5.82 Å². The number of piperidine rings is 1. The van der Waals surface area contributed by atoms with Crippen LogP contribution in [0.15, 0.2) is 12.1 Å². The van der Waals surface area contributed by atoms with Gasteiger partial charge in [0, 0.05) is 19.0 Å². The molecule has 0 spiro atoms. The molecule has 1 aromatic carbocycles. The first-order chi connectivity index (χ1) is 8.50. The highest BCUT2D eigenvalue weighted by molar-refractivity contribution is 6.31. The molecular weight excluding hydrogens is 257 g/mol. The van der Waals surface area contributed by atoms with Crippen molar-refractivity contribution in [3.05, 3.63) is 23.0 Å². The highest BCUT2D eigenvalue weighted by Crippen LogP contribution is 2.34. The van der Waals surface area contributed by atoms with Crippen LogP contribution in [-0.4, -0.2) is 19.0 Å². The van der Waals surface area contributed by atoms with Gasteiger partial charge in [0.05, 0.1) is 16.4 Å². The van der Waals surface area contributed by atoms with E-state index in [-0.39, 0.29) is 16.8 Å². The molecule has 0 aliphatic carbocycles. The van der Waals surface area contributed by atoms with Gasteiger partial charge in [0.2, 0.25) is 5.91 Å². The van der Waals surface area contributed by atoms with E-state index in [1.165, 1.54) is 6.07 Å². The van der Waals surface area contributed by atoms with Crippen LogP contribution in [0.3, 0.4) is 0 Å². The SMILES string of the molecule is NC(=O)C1CCN(c2c(N)ccc(Cl)c2F)CC1. The maximum absolute atomic E-state index is 14.0. The number of carbonyl (C=O) groups is 1. The minimum atomic E-state index is -0.505. The lowest BCUT2D eigenvalue weighted by molar-refractivity contribution is -0.122. The Hall–Kier alpha value is -1.49. The molecule has 4 nitrogen and oxygen atoms in total. The van der Waals surface area contributed by atoms with E-state index in [1.807, 2.05) is 4.90 Å². The van der Waals surface area contributed by atoms with Gasteiger partial charge >= 0.3 is 0 Å². The van der Waals surface area contributed by atoms with E-state index in [1.54, 1.807) is 6.07 Å². The molecule has 0 saturated carbocycles. The number of hydrogen-bond donors (Lipinski definition) is 2. The number of hydrogen-bond acceptors (Lipinski definition) is 3. The van der Waals surface area contributed by atoms with Gasteiger partial charge in [-0.1, -0.05) is 11.6 Å². The van der Waals surface area contributed by atoms with Crippen LogP contribution in [0, 0.1) is 11.7 Å². The van der Waals surface area contributed by atoms with Crippen molar-refractivity contribution in [2.75, 3.05) is 23.7 Å². The smallest absolute Gasteiger partial charge is 0.220 e. The average Bonchev–Trinajstić information content (AvgIpc) is 2.35. The fourth-order valence-electron chi connectivity index (χ4n) is 2.26. The van der Waals surface area contributed by atoms with Crippen molar-refractivity contribution in [2.24, 2.45) is 11.7 Å². The molecule has 1 amide bonds. The molecule has 0 radical (unpaired) electrons. The standard InChI is InChI=1S/C12H15ClFN3O/c13-8-1-2-9(15)11(10(8)14)17-5-3-7(4-6-17)12(16)18/h1-2,7H,3-6,15H2,(H2,16,18). The maximum Gasteiger partial charge on any atom is 0.220 e. The zero-order valence-corrected chi connectivity index (χ0v) is 10.6. The molecule has 1 aromatic rings. The number of benzene rings is 1. The minimum Gasteiger partial charge on any atom is -0.397 e. The summed E-state index contributed by atoms with van der Waals surface area (Å²) < 4.78 is 14.0. The Balaban J connectivity index is 2.20. The number of carbonyl (C=O) groups excluding carboxylic acids is 1. The lowest BCUT2D eigenvalue weighted by Gasteiger charge is -2.33. The predicted molar refractivity (Wildman–Crippen MR) is 70.0 cm³/mol. The van der Waals surface area contributed by atoms with E-state index in [0.29, 0.717) is 37.3 Å². The van der Waals surface area contributed by atoms with Gasteiger partial charge in [-0.25, -0.2) is 4.39 Å². The molecule has 4 N–H and O–H groups in total. The van der Waals surface area contributed by atoms with Crippen molar-refractivity contribution >= 4 is 28.9 Å². The van der Waals surface area contributed by atoms with Gasteiger partial charge in [-0.2, -0.15) is 0 Å². The van der Waals surface area contributed by atoms with E-state index in [2.05, 4.69) is 0 Å². The summed E-state index contributed by atoms with van der Waals surface area (Å²) in [5, 5.41) is 0.0521. The summed E-state index contributed by atoms with van der Waals surface area (Å²) in [7, 11) is 0. The number of halogens is 2. The first-order valence-electron chi connectivity index (χ1n) is 5.78. The van der Waals surface area contributed by atoms with E-state index in [4.69, 9.17) is 23.1 Å². The van der Waals surface area contributed by atoms with Crippen LogP contribution in [0.1, 0.15) is 12.8 Å². The summed E-state index contributed by atoms with van der Waals surface area (Å²) in [5.41, 5.74) is 11.7. The van der Waals surface area contributed by atoms with Crippen LogP contribution in [0.4, 0.5) is 15.8 Å². The van der Waals surface area contributed by atoms with Crippen LogP contribution in [0.2, 0.25) is 5.02 Å². The number of nitrogen functional groups attached to an aromatic ring is 1. The Kier molecular flexibility index (Phi) is 3.61. The van der Waals surface area contributed by atoms with Gasteiger partial charge in [-0.15, -0.1) is 0 Å². The number of nitrogens with two attached hydrogens (primary N) is 2. The Bertz CT molecular complexity index is 473. The number of amides is 1. The van der Waals surface area contributed by atoms with Crippen molar-refractivity contribution in [2.45, 2.75) is 12.8 Å². The molecule has 1 saturated heterocycles. The lowest BCUT2D eigenvalue weighted by atomic mass is 9.96. The van der Waals surface area contributed by atoms with Crippen molar-refractivity contribution in [3.8, 4) is 0 Å². The molecular formula is C12H15ClFN3O. The average molecular weight is 272 g/mol. The summed E-state index contributed by atoms with van der Waals surface area (Å²) in [6.45, 7) is 1.10. The summed E-state index contributed by atoms with van der Waals surface area (Å²) >= 11 is 5.75. The van der Waals surface area contributed by atoms with Gasteiger partial charge in [-0.05, 0) is 25.0 Å². The minimum absolute atomic E-state index is 0.0521. The molecule has 18 heavy (non-hydrogen) atoms. The molecule has 2 rings (SSSR count). The molecule has 1 aliphatic rings. The molecule has 0 bridgehead atoms. The molecule has 0 unspecified atom stereocenters. The molecule has 1 aliphatic heterocycles. The number of primary amides is 1. The van der Waals surface area contributed by atoms with Crippen LogP contribution < -0.4 is 16.4 Å².